The third-order valence-corrected chi connectivity index (χ3v) is 4.77. The van der Waals surface area contributed by atoms with E-state index in [-0.39, 0.29) is 18.2 Å². The summed E-state index contributed by atoms with van der Waals surface area (Å²) in [6.07, 6.45) is 3.36. The largest absolute Gasteiger partial charge is 0.481 e. The third kappa shape index (κ3) is 3.72. The fourth-order valence-corrected chi connectivity index (χ4v) is 2.70. The van der Waals surface area contributed by atoms with Crippen LogP contribution in [0.1, 0.15) is 52.9 Å². The zero-order valence-electron chi connectivity index (χ0n) is 13.0. The molecule has 0 bridgehead atoms. The summed E-state index contributed by atoms with van der Waals surface area (Å²) in [6, 6.07) is 0. The Labute approximate surface area is 121 Å². The molecule has 0 radical (unpaired) electrons. The molecule has 0 aromatic carbocycles. The third-order valence-electron chi connectivity index (χ3n) is 4.77. The number of rotatable bonds is 6. The smallest absolute Gasteiger partial charge is 0.310 e. The zero-order valence-corrected chi connectivity index (χ0v) is 13.0. The molecular weight excluding hydrogens is 258 g/mol. The van der Waals surface area contributed by atoms with E-state index in [2.05, 4.69) is 0 Å². The van der Waals surface area contributed by atoms with Crippen LogP contribution in [0.3, 0.4) is 0 Å². The highest BCUT2D eigenvalue weighted by molar-refractivity contribution is 5.84. The molecule has 0 aromatic rings. The number of nitrogens with zero attached hydrogens (tertiary/aromatic N) is 1. The SMILES string of the molecule is CC(C)C(C)(CC(=O)N(C)CC1(O)CCCC1)C(=O)O. The number of hydrogen-bond donors (Lipinski definition) is 2. The average Bonchev–Trinajstić information content (AvgIpc) is 2.74. The lowest BCUT2D eigenvalue weighted by Crippen LogP contribution is -2.45. The van der Waals surface area contributed by atoms with Crippen LogP contribution in [0.25, 0.3) is 0 Å². The molecule has 0 saturated heterocycles. The Bertz CT molecular complexity index is 374. The van der Waals surface area contributed by atoms with Crippen molar-refractivity contribution in [2.75, 3.05) is 13.6 Å². The summed E-state index contributed by atoms with van der Waals surface area (Å²) in [4.78, 5) is 25.1. The summed E-state index contributed by atoms with van der Waals surface area (Å²) in [7, 11) is 1.64. The maximum absolute atomic E-state index is 12.2. The van der Waals surface area contributed by atoms with Crippen LogP contribution in [0.4, 0.5) is 0 Å². The van der Waals surface area contributed by atoms with E-state index in [0.717, 1.165) is 12.8 Å². The van der Waals surface area contributed by atoms with Crippen molar-refractivity contribution < 1.29 is 19.8 Å². The Morgan fingerprint density at radius 1 is 1.30 bits per heavy atom. The second-order valence-corrected chi connectivity index (χ2v) is 6.74. The molecule has 1 aliphatic rings. The molecule has 116 valence electrons. The lowest BCUT2D eigenvalue weighted by Gasteiger charge is -2.33. The molecule has 0 heterocycles. The number of carbonyl (C=O) groups excluding carboxylic acids is 1. The first kappa shape index (κ1) is 17.0. The Morgan fingerprint density at radius 3 is 2.20 bits per heavy atom. The van der Waals surface area contributed by atoms with Crippen LogP contribution in [0.5, 0.6) is 0 Å². The molecule has 5 nitrogen and oxygen atoms in total. The van der Waals surface area contributed by atoms with Crippen molar-refractivity contribution in [2.45, 2.75) is 58.5 Å². The molecule has 0 aliphatic heterocycles. The van der Waals surface area contributed by atoms with E-state index in [4.69, 9.17) is 0 Å². The van der Waals surface area contributed by atoms with Gasteiger partial charge in [-0.25, -0.2) is 0 Å². The number of carbonyl (C=O) groups is 2. The van der Waals surface area contributed by atoms with Crippen LogP contribution in [-0.4, -0.2) is 46.2 Å². The maximum atomic E-state index is 12.2. The van der Waals surface area contributed by atoms with Gasteiger partial charge in [0.15, 0.2) is 0 Å². The zero-order chi connectivity index (χ0) is 15.6. The van der Waals surface area contributed by atoms with E-state index >= 15 is 0 Å². The Hall–Kier alpha value is -1.10. The highest BCUT2D eigenvalue weighted by atomic mass is 16.4. The molecule has 5 heteroatoms. The Balaban J connectivity index is 2.67. The molecule has 0 spiro atoms. The summed E-state index contributed by atoms with van der Waals surface area (Å²) in [6.45, 7) is 5.52. The monoisotopic (exact) mass is 285 g/mol. The number of likely N-dealkylation sites (N-methyl/N-ethyl adjacent to an activating group) is 1. The molecule has 1 amide bonds. The van der Waals surface area contributed by atoms with E-state index < -0.39 is 17.0 Å². The first-order valence-electron chi connectivity index (χ1n) is 7.30. The van der Waals surface area contributed by atoms with Crippen molar-refractivity contribution in [3.63, 3.8) is 0 Å². The van der Waals surface area contributed by atoms with Gasteiger partial charge < -0.3 is 15.1 Å². The summed E-state index contributed by atoms with van der Waals surface area (Å²) in [5, 5.41) is 19.7. The van der Waals surface area contributed by atoms with Gasteiger partial charge >= 0.3 is 5.97 Å². The molecule has 1 unspecified atom stereocenters. The second kappa shape index (κ2) is 6.12. The molecule has 20 heavy (non-hydrogen) atoms. The van der Waals surface area contributed by atoms with Gasteiger partial charge in [0.2, 0.25) is 5.91 Å². The van der Waals surface area contributed by atoms with Crippen molar-refractivity contribution in [1.29, 1.82) is 0 Å². The summed E-state index contributed by atoms with van der Waals surface area (Å²) >= 11 is 0. The van der Waals surface area contributed by atoms with E-state index in [1.54, 1.807) is 14.0 Å². The van der Waals surface area contributed by atoms with E-state index in [1.165, 1.54) is 4.90 Å². The average molecular weight is 285 g/mol. The van der Waals surface area contributed by atoms with Gasteiger partial charge in [-0.3, -0.25) is 9.59 Å². The van der Waals surface area contributed by atoms with E-state index in [1.807, 2.05) is 13.8 Å². The van der Waals surface area contributed by atoms with Crippen molar-refractivity contribution in [3.05, 3.63) is 0 Å². The fraction of sp³-hybridized carbons (Fsp3) is 0.867. The van der Waals surface area contributed by atoms with Gasteiger partial charge in [-0.15, -0.1) is 0 Å². The van der Waals surface area contributed by atoms with E-state index in [9.17, 15) is 19.8 Å². The van der Waals surface area contributed by atoms with Crippen molar-refractivity contribution in [2.24, 2.45) is 11.3 Å². The number of carboxylic acid groups (broad SMARTS) is 1. The van der Waals surface area contributed by atoms with Crippen LogP contribution < -0.4 is 0 Å². The number of carboxylic acids is 1. The van der Waals surface area contributed by atoms with Gasteiger partial charge in [-0.05, 0) is 25.7 Å². The summed E-state index contributed by atoms with van der Waals surface area (Å²) in [5.74, 6) is -1.30. The lowest BCUT2D eigenvalue weighted by molar-refractivity contribution is -0.155. The van der Waals surface area contributed by atoms with Gasteiger partial charge in [-0.2, -0.15) is 0 Å². The van der Waals surface area contributed by atoms with Gasteiger partial charge in [0.25, 0.3) is 0 Å². The summed E-state index contributed by atoms with van der Waals surface area (Å²) < 4.78 is 0. The Kier molecular flexibility index (Phi) is 5.19. The van der Waals surface area contributed by atoms with Crippen LogP contribution in [-0.2, 0) is 9.59 Å². The van der Waals surface area contributed by atoms with Crippen LogP contribution in [0, 0.1) is 11.3 Å². The van der Waals surface area contributed by atoms with E-state index in [0.29, 0.717) is 19.4 Å². The maximum Gasteiger partial charge on any atom is 0.310 e. The molecule has 1 saturated carbocycles. The second-order valence-electron chi connectivity index (χ2n) is 6.74. The fourth-order valence-electron chi connectivity index (χ4n) is 2.70. The molecule has 1 aliphatic carbocycles. The predicted molar refractivity (Wildman–Crippen MR) is 76.3 cm³/mol. The van der Waals surface area contributed by atoms with Crippen molar-refractivity contribution in [3.8, 4) is 0 Å². The molecule has 1 fully saturated rings. The molecule has 2 N–H and O–H groups in total. The molecular formula is C15H27NO4. The van der Waals surface area contributed by atoms with Gasteiger partial charge in [0.05, 0.1) is 11.0 Å². The topological polar surface area (TPSA) is 77.8 Å². The highest BCUT2D eigenvalue weighted by Gasteiger charge is 2.41. The van der Waals surface area contributed by atoms with Gasteiger partial charge in [-0.1, -0.05) is 26.7 Å². The van der Waals surface area contributed by atoms with Gasteiger partial charge in [0, 0.05) is 20.0 Å². The van der Waals surface area contributed by atoms with Gasteiger partial charge in [0.1, 0.15) is 0 Å². The number of hydrogen-bond acceptors (Lipinski definition) is 3. The first-order chi connectivity index (χ1) is 9.11. The number of aliphatic carboxylic acids is 1. The lowest BCUT2D eigenvalue weighted by atomic mass is 9.76. The molecule has 1 rings (SSSR count). The van der Waals surface area contributed by atoms with Crippen LogP contribution in [0.15, 0.2) is 0 Å². The quantitative estimate of drug-likeness (QED) is 0.781. The Morgan fingerprint density at radius 2 is 1.80 bits per heavy atom. The highest BCUT2D eigenvalue weighted by Crippen LogP contribution is 2.33. The molecule has 1 atom stereocenters. The minimum absolute atomic E-state index is 0.0351. The van der Waals surface area contributed by atoms with Crippen molar-refractivity contribution in [1.82, 2.24) is 4.90 Å². The number of aliphatic hydroxyl groups is 1. The summed E-state index contributed by atoms with van der Waals surface area (Å²) in [5.41, 5.74) is -1.86. The predicted octanol–water partition coefficient (Wildman–Crippen LogP) is 1.89. The normalized spacial score (nSPS) is 20.7. The molecule has 0 aromatic heterocycles. The minimum Gasteiger partial charge on any atom is -0.481 e. The number of amides is 1. The van der Waals surface area contributed by atoms with Crippen molar-refractivity contribution >= 4 is 11.9 Å². The minimum atomic E-state index is -1.07. The van der Waals surface area contributed by atoms with Crippen LogP contribution in [0.2, 0.25) is 0 Å². The standard InChI is InChI=1S/C15H27NO4/c1-11(2)14(3,13(18)19)9-12(17)16(4)10-15(20)7-5-6-8-15/h11,20H,5-10H2,1-4H3,(H,18,19). The first-order valence-corrected chi connectivity index (χ1v) is 7.30. The van der Waals surface area contributed by atoms with Crippen LogP contribution >= 0.6 is 0 Å².